The standard InChI is InChI=1S/C17H25N3O3/c1-4-8-19-9-6-17(16(19)22)7-10-20(11-17)15(21)14-12(3)18-13(5-2)23-14/h4-11H2,1-3H3. The van der Waals surface area contributed by atoms with E-state index in [9.17, 15) is 9.59 Å². The predicted octanol–water partition coefficient (Wildman–Crippen LogP) is 2.02. The molecule has 126 valence electrons. The second kappa shape index (κ2) is 5.98. The second-order valence-electron chi connectivity index (χ2n) is 6.67. The highest BCUT2D eigenvalue weighted by atomic mass is 16.4. The molecule has 2 fully saturated rings. The number of rotatable bonds is 4. The molecule has 0 saturated carbocycles. The summed E-state index contributed by atoms with van der Waals surface area (Å²) in [6, 6.07) is 0. The minimum absolute atomic E-state index is 0.131. The van der Waals surface area contributed by atoms with Gasteiger partial charge in [0.15, 0.2) is 5.89 Å². The average Bonchev–Trinajstić information content (AvgIpc) is 3.22. The number of nitrogens with zero attached hydrogens (tertiary/aromatic N) is 3. The zero-order valence-corrected chi connectivity index (χ0v) is 14.2. The number of likely N-dealkylation sites (tertiary alicyclic amines) is 2. The normalized spacial score (nSPS) is 24.2. The molecule has 1 aromatic heterocycles. The van der Waals surface area contributed by atoms with E-state index in [-0.39, 0.29) is 17.2 Å². The maximum Gasteiger partial charge on any atom is 0.291 e. The van der Waals surface area contributed by atoms with Crippen molar-refractivity contribution in [3.05, 3.63) is 17.3 Å². The molecule has 0 radical (unpaired) electrons. The molecule has 2 aliphatic heterocycles. The number of amides is 2. The molecule has 0 aromatic carbocycles. The molecule has 3 rings (SSSR count). The first-order chi connectivity index (χ1) is 11.0. The van der Waals surface area contributed by atoms with E-state index in [1.54, 1.807) is 11.8 Å². The van der Waals surface area contributed by atoms with Crippen LogP contribution in [0.1, 0.15) is 55.2 Å². The van der Waals surface area contributed by atoms with Gasteiger partial charge in [-0.15, -0.1) is 0 Å². The van der Waals surface area contributed by atoms with Crippen molar-refractivity contribution in [3.8, 4) is 0 Å². The van der Waals surface area contributed by atoms with Crippen molar-refractivity contribution in [2.75, 3.05) is 26.2 Å². The molecule has 0 bridgehead atoms. The van der Waals surface area contributed by atoms with E-state index in [1.165, 1.54) is 0 Å². The lowest BCUT2D eigenvalue weighted by Crippen LogP contribution is -2.38. The van der Waals surface area contributed by atoms with Crippen molar-refractivity contribution in [2.24, 2.45) is 5.41 Å². The van der Waals surface area contributed by atoms with Gasteiger partial charge >= 0.3 is 0 Å². The molecule has 1 unspecified atom stereocenters. The maximum absolute atomic E-state index is 12.7. The number of hydrogen-bond acceptors (Lipinski definition) is 4. The van der Waals surface area contributed by atoms with Gasteiger partial charge < -0.3 is 14.2 Å². The van der Waals surface area contributed by atoms with Crippen LogP contribution in [0, 0.1) is 12.3 Å². The highest BCUT2D eigenvalue weighted by molar-refractivity contribution is 5.94. The largest absolute Gasteiger partial charge is 0.435 e. The Labute approximate surface area is 136 Å². The Balaban J connectivity index is 1.73. The molecular formula is C17H25N3O3. The highest BCUT2D eigenvalue weighted by Crippen LogP contribution is 2.41. The molecule has 6 heteroatoms. The van der Waals surface area contributed by atoms with E-state index in [2.05, 4.69) is 11.9 Å². The van der Waals surface area contributed by atoms with E-state index in [4.69, 9.17) is 4.42 Å². The molecule has 0 N–H and O–H groups in total. The first-order valence-corrected chi connectivity index (χ1v) is 8.55. The zero-order chi connectivity index (χ0) is 16.6. The summed E-state index contributed by atoms with van der Waals surface area (Å²) in [6.07, 6.45) is 3.25. The zero-order valence-electron chi connectivity index (χ0n) is 14.2. The lowest BCUT2D eigenvalue weighted by molar-refractivity contribution is -0.135. The molecule has 2 amide bonds. The summed E-state index contributed by atoms with van der Waals surface area (Å²) in [5, 5.41) is 0. The fourth-order valence-corrected chi connectivity index (χ4v) is 3.75. The van der Waals surface area contributed by atoms with Gasteiger partial charge in [-0.25, -0.2) is 4.98 Å². The summed E-state index contributed by atoms with van der Waals surface area (Å²) in [5.74, 6) is 1.01. The number of carbonyl (C=O) groups is 2. The number of aromatic nitrogens is 1. The molecule has 6 nitrogen and oxygen atoms in total. The smallest absolute Gasteiger partial charge is 0.291 e. The fourth-order valence-electron chi connectivity index (χ4n) is 3.75. The molecule has 0 aliphatic carbocycles. The summed E-state index contributed by atoms with van der Waals surface area (Å²) < 4.78 is 5.58. The molecule has 1 spiro atoms. The van der Waals surface area contributed by atoms with Crippen molar-refractivity contribution in [1.29, 1.82) is 0 Å². The number of carbonyl (C=O) groups excluding carboxylic acids is 2. The molecule has 2 aliphatic rings. The first-order valence-electron chi connectivity index (χ1n) is 8.55. The Kier molecular flexibility index (Phi) is 4.17. The van der Waals surface area contributed by atoms with Crippen LogP contribution in [-0.4, -0.2) is 52.8 Å². The van der Waals surface area contributed by atoms with E-state index < -0.39 is 0 Å². The monoisotopic (exact) mass is 319 g/mol. The van der Waals surface area contributed by atoms with E-state index in [0.717, 1.165) is 32.4 Å². The van der Waals surface area contributed by atoms with Crippen molar-refractivity contribution in [2.45, 2.75) is 46.5 Å². The first kappa shape index (κ1) is 16.0. The Morgan fingerprint density at radius 1 is 1.30 bits per heavy atom. The molecule has 2 saturated heterocycles. The van der Waals surface area contributed by atoms with Gasteiger partial charge in [-0.05, 0) is 26.2 Å². The lowest BCUT2D eigenvalue weighted by Gasteiger charge is -2.23. The van der Waals surface area contributed by atoms with Gasteiger partial charge in [0.25, 0.3) is 5.91 Å². The van der Waals surface area contributed by atoms with Crippen LogP contribution < -0.4 is 0 Å². The molecule has 3 heterocycles. The highest BCUT2D eigenvalue weighted by Gasteiger charge is 2.51. The van der Waals surface area contributed by atoms with Crippen LogP contribution in [0.4, 0.5) is 0 Å². The minimum atomic E-state index is -0.369. The summed E-state index contributed by atoms with van der Waals surface area (Å²) in [6.45, 7) is 8.58. The quantitative estimate of drug-likeness (QED) is 0.851. The average molecular weight is 319 g/mol. The van der Waals surface area contributed by atoms with Gasteiger partial charge in [-0.1, -0.05) is 13.8 Å². The Morgan fingerprint density at radius 3 is 2.70 bits per heavy atom. The van der Waals surface area contributed by atoms with Crippen LogP contribution in [-0.2, 0) is 11.2 Å². The predicted molar refractivity (Wildman–Crippen MR) is 85.1 cm³/mol. The van der Waals surface area contributed by atoms with Crippen molar-refractivity contribution < 1.29 is 14.0 Å². The lowest BCUT2D eigenvalue weighted by atomic mass is 9.85. The minimum Gasteiger partial charge on any atom is -0.435 e. The second-order valence-corrected chi connectivity index (χ2v) is 6.67. The number of oxazole rings is 1. The third kappa shape index (κ3) is 2.64. The number of aryl methyl sites for hydroxylation is 2. The summed E-state index contributed by atoms with van der Waals surface area (Å²) in [5.41, 5.74) is 0.268. The third-order valence-corrected chi connectivity index (χ3v) is 5.07. The fraction of sp³-hybridized carbons (Fsp3) is 0.706. The molecular weight excluding hydrogens is 294 g/mol. The summed E-state index contributed by atoms with van der Waals surface area (Å²) >= 11 is 0. The van der Waals surface area contributed by atoms with Gasteiger partial charge in [0.05, 0.1) is 11.1 Å². The van der Waals surface area contributed by atoms with Gasteiger partial charge in [0.1, 0.15) is 0 Å². The molecule has 1 aromatic rings. The van der Waals surface area contributed by atoms with Crippen LogP contribution in [0.25, 0.3) is 0 Å². The van der Waals surface area contributed by atoms with E-state index in [1.807, 2.05) is 11.8 Å². The Bertz CT molecular complexity index is 625. The molecule has 1 atom stereocenters. The van der Waals surface area contributed by atoms with E-state index >= 15 is 0 Å². The van der Waals surface area contributed by atoms with Gasteiger partial charge in [-0.3, -0.25) is 9.59 Å². The SMILES string of the molecule is CCCN1CCC2(CCN(C(=O)c3oc(CC)nc3C)C2)C1=O. The van der Waals surface area contributed by atoms with Crippen LogP contribution in [0.15, 0.2) is 4.42 Å². The molecule has 23 heavy (non-hydrogen) atoms. The van der Waals surface area contributed by atoms with Crippen LogP contribution in [0.3, 0.4) is 0 Å². The van der Waals surface area contributed by atoms with Gasteiger partial charge in [0, 0.05) is 32.6 Å². The van der Waals surface area contributed by atoms with E-state index in [0.29, 0.717) is 36.9 Å². The van der Waals surface area contributed by atoms with Gasteiger partial charge in [-0.2, -0.15) is 0 Å². The van der Waals surface area contributed by atoms with Crippen molar-refractivity contribution in [3.63, 3.8) is 0 Å². The van der Waals surface area contributed by atoms with Crippen molar-refractivity contribution in [1.82, 2.24) is 14.8 Å². The third-order valence-electron chi connectivity index (χ3n) is 5.07. The summed E-state index contributed by atoms with van der Waals surface area (Å²) in [7, 11) is 0. The van der Waals surface area contributed by atoms with Crippen molar-refractivity contribution >= 4 is 11.8 Å². The van der Waals surface area contributed by atoms with Crippen LogP contribution in [0.2, 0.25) is 0 Å². The van der Waals surface area contributed by atoms with Crippen LogP contribution in [0.5, 0.6) is 0 Å². The topological polar surface area (TPSA) is 66.7 Å². The van der Waals surface area contributed by atoms with Gasteiger partial charge in [0.2, 0.25) is 11.7 Å². The Morgan fingerprint density at radius 2 is 2.04 bits per heavy atom. The Hall–Kier alpha value is -1.85. The number of hydrogen-bond donors (Lipinski definition) is 0. The summed E-state index contributed by atoms with van der Waals surface area (Å²) in [4.78, 5) is 33.4. The van der Waals surface area contributed by atoms with Crippen LogP contribution >= 0.6 is 0 Å². The maximum atomic E-state index is 12.7.